The quantitative estimate of drug-likeness (QED) is 0.862. The molecule has 0 N–H and O–H groups in total. The summed E-state index contributed by atoms with van der Waals surface area (Å²) in [6, 6.07) is 7.55. The Kier molecular flexibility index (Phi) is 4.37. The van der Waals surface area contributed by atoms with Crippen molar-refractivity contribution in [2.45, 2.75) is 32.0 Å². The van der Waals surface area contributed by atoms with E-state index in [-0.39, 0.29) is 5.82 Å². The lowest BCUT2D eigenvalue weighted by Crippen LogP contribution is -2.43. The highest BCUT2D eigenvalue weighted by Crippen LogP contribution is 2.29. The highest BCUT2D eigenvalue weighted by molar-refractivity contribution is 5.16. The van der Waals surface area contributed by atoms with Crippen LogP contribution in [-0.4, -0.2) is 45.0 Å². The number of rotatable bonds is 4. The molecule has 0 amide bonds. The van der Waals surface area contributed by atoms with Gasteiger partial charge in [-0.05, 0) is 36.5 Å². The highest BCUT2D eigenvalue weighted by atomic mass is 19.1. The van der Waals surface area contributed by atoms with Gasteiger partial charge in [-0.2, -0.15) is 0 Å². The molecule has 0 saturated carbocycles. The summed E-state index contributed by atoms with van der Waals surface area (Å²) in [6.07, 6.45) is 6.50. The zero-order valence-electron chi connectivity index (χ0n) is 14.2. The molecule has 4 heterocycles. The number of benzene rings is 1. The number of fused-ring (bicyclic) bond motifs is 4. The van der Waals surface area contributed by atoms with E-state index in [0.29, 0.717) is 6.04 Å². The second kappa shape index (κ2) is 6.65. The zero-order valence-corrected chi connectivity index (χ0v) is 14.2. The number of hydrogen-bond donors (Lipinski definition) is 0. The molecule has 1 aromatic heterocycles. The first-order chi connectivity index (χ1) is 11.7. The van der Waals surface area contributed by atoms with Crippen molar-refractivity contribution in [3.8, 4) is 0 Å². The van der Waals surface area contributed by atoms with Crippen LogP contribution in [0.2, 0.25) is 0 Å². The van der Waals surface area contributed by atoms with Crippen LogP contribution in [0.3, 0.4) is 0 Å². The number of halogens is 1. The van der Waals surface area contributed by atoms with Crippen molar-refractivity contribution in [2.24, 2.45) is 13.0 Å². The fraction of sp³-hybridized carbons (Fsp3) is 0.526. The van der Waals surface area contributed by atoms with Gasteiger partial charge < -0.3 is 4.57 Å². The lowest BCUT2D eigenvalue weighted by atomic mass is 9.95. The molecule has 3 saturated heterocycles. The van der Waals surface area contributed by atoms with E-state index >= 15 is 0 Å². The number of piperidine rings is 1. The molecule has 5 heteroatoms. The van der Waals surface area contributed by atoms with Gasteiger partial charge in [-0.15, -0.1) is 0 Å². The van der Waals surface area contributed by atoms with Crippen molar-refractivity contribution in [2.75, 3.05) is 19.6 Å². The Morgan fingerprint density at radius 3 is 2.67 bits per heavy atom. The van der Waals surface area contributed by atoms with Gasteiger partial charge in [-0.1, -0.05) is 12.1 Å². The Morgan fingerprint density at radius 1 is 1.08 bits per heavy atom. The topological polar surface area (TPSA) is 24.3 Å². The van der Waals surface area contributed by atoms with Crippen LogP contribution in [0.25, 0.3) is 0 Å². The first-order valence-electron chi connectivity index (χ1n) is 8.84. The molecule has 2 aromatic rings. The third kappa shape index (κ3) is 3.37. The van der Waals surface area contributed by atoms with Crippen LogP contribution in [0, 0.1) is 11.7 Å². The first-order valence-corrected chi connectivity index (χ1v) is 8.84. The third-order valence-corrected chi connectivity index (χ3v) is 5.49. The summed E-state index contributed by atoms with van der Waals surface area (Å²) in [7, 11) is 2.07. The van der Waals surface area contributed by atoms with E-state index in [0.717, 1.165) is 44.5 Å². The van der Waals surface area contributed by atoms with E-state index in [2.05, 4.69) is 26.4 Å². The predicted molar refractivity (Wildman–Crippen MR) is 91.8 cm³/mol. The van der Waals surface area contributed by atoms with E-state index in [1.807, 2.05) is 24.5 Å². The lowest BCUT2D eigenvalue weighted by molar-refractivity contribution is 0.119. The average molecular weight is 328 g/mol. The smallest absolute Gasteiger partial charge is 0.123 e. The van der Waals surface area contributed by atoms with Crippen LogP contribution in [0.4, 0.5) is 4.39 Å². The van der Waals surface area contributed by atoms with E-state index in [4.69, 9.17) is 0 Å². The van der Waals surface area contributed by atoms with Crippen LogP contribution in [0.1, 0.15) is 24.2 Å². The number of aromatic nitrogens is 2. The van der Waals surface area contributed by atoms with Gasteiger partial charge in [0.15, 0.2) is 0 Å². The fourth-order valence-electron chi connectivity index (χ4n) is 4.18. The molecule has 3 aliphatic rings. The van der Waals surface area contributed by atoms with E-state index < -0.39 is 0 Å². The van der Waals surface area contributed by atoms with Gasteiger partial charge in [0, 0.05) is 51.7 Å². The lowest BCUT2D eigenvalue weighted by Gasteiger charge is -2.35. The molecule has 128 valence electrons. The van der Waals surface area contributed by atoms with Gasteiger partial charge >= 0.3 is 0 Å². The molecule has 0 spiro atoms. The molecule has 3 aliphatic heterocycles. The second-order valence-electron chi connectivity index (χ2n) is 7.30. The highest BCUT2D eigenvalue weighted by Gasteiger charge is 2.35. The average Bonchev–Trinajstić information content (AvgIpc) is 2.79. The largest absolute Gasteiger partial charge is 0.337 e. The molecular formula is C19H25FN4. The van der Waals surface area contributed by atoms with Crippen molar-refractivity contribution >= 4 is 0 Å². The summed E-state index contributed by atoms with van der Waals surface area (Å²) < 4.78 is 15.2. The summed E-state index contributed by atoms with van der Waals surface area (Å²) in [5.41, 5.74) is 1.20. The molecule has 1 aromatic carbocycles. The normalized spacial score (nSPS) is 25.1. The summed E-state index contributed by atoms with van der Waals surface area (Å²) in [5.74, 6) is 1.72. The minimum Gasteiger partial charge on any atom is -0.337 e. The van der Waals surface area contributed by atoms with Gasteiger partial charge in [-0.3, -0.25) is 9.80 Å². The van der Waals surface area contributed by atoms with Gasteiger partial charge in [0.1, 0.15) is 11.6 Å². The van der Waals surface area contributed by atoms with Gasteiger partial charge in [0.05, 0.1) is 6.54 Å². The Morgan fingerprint density at radius 2 is 1.92 bits per heavy atom. The summed E-state index contributed by atoms with van der Waals surface area (Å²) >= 11 is 0. The van der Waals surface area contributed by atoms with Crippen molar-refractivity contribution < 1.29 is 4.39 Å². The van der Waals surface area contributed by atoms with E-state index in [1.54, 1.807) is 12.1 Å². The Bertz CT molecular complexity index is 681. The number of hydrogen-bond acceptors (Lipinski definition) is 3. The third-order valence-electron chi connectivity index (χ3n) is 5.49. The predicted octanol–water partition coefficient (Wildman–Crippen LogP) is 2.66. The van der Waals surface area contributed by atoms with Crippen molar-refractivity contribution in [3.63, 3.8) is 0 Å². The molecule has 5 rings (SSSR count). The minimum atomic E-state index is -0.157. The first kappa shape index (κ1) is 15.8. The van der Waals surface area contributed by atoms with Crippen molar-refractivity contribution in [1.29, 1.82) is 0 Å². The standard InChI is InChI=1S/C19H25FN4/c1-22-9-8-21-19(22)14-24-12-16-4-7-18(24)13-23(11-16)10-15-2-5-17(20)6-3-15/h2-3,5-6,8-9,16,18H,4,7,10-14H2,1H3/t16-,18+/m0/s1. The van der Waals surface area contributed by atoms with E-state index in [9.17, 15) is 4.39 Å². The monoisotopic (exact) mass is 328 g/mol. The maximum absolute atomic E-state index is 13.1. The summed E-state index contributed by atoms with van der Waals surface area (Å²) in [6.45, 7) is 5.26. The molecule has 4 nitrogen and oxygen atoms in total. The Balaban J connectivity index is 1.44. The maximum atomic E-state index is 13.1. The van der Waals surface area contributed by atoms with Gasteiger partial charge in [0.2, 0.25) is 0 Å². The maximum Gasteiger partial charge on any atom is 0.123 e. The van der Waals surface area contributed by atoms with Crippen molar-refractivity contribution in [3.05, 3.63) is 53.9 Å². The second-order valence-corrected chi connectivity index (χ2v) is 7.30. The van der Waals surface area contributed by atoms with Crippen LogP contribution in [0.5, 0.6) is 0 Å². The molecule has 0 aliphatic carbocycles. The van der Waals surface area contributed by atoms with Crippen LogP contribution >= 0.6 is 0 Å². The van der Waals surface area contributed by atoms with Gasteiger partial charge in [0.25, 0.3) is 0 Å². The number of nitrogens with zero attached hydrogens (tertiary/aromatic N) is 4. The fourth-order valence-corrected chi connectivity index (χ4v) is 4.18. The SMILES string of the molecule is Cn1ccnc1CN1C[C@H]2CC[C@@H]1CN(Cc1ccc(F)cc1)C2. The molecular weight excluding hydrogens is 303 g/mol. The molecule has 2 bridgehead atoms. The van der Waals surface area contributed by atoms with Crippen LogP contribution < -0.4 is 0 Å². The molecule has 2 atom stereocenters. The summed E-state index contributed by atoms with van der Waals surface area (Å²) in [4.78, 5) is 9.65. The Labute approximate surface area is 142 Å². The van der Waals surface area contributed by atoms with Crippen LogP contribution in [0.15, 0.2) is 36.7 Å². The van der Waals surface area contributed by atoms with Crippen LogP contribution in [-0.2, 0) is 20.1 Å². The molecule has 3 fully saturated rings. The number of aryl methyl sites for hydroxylation is 1. The van der Waals surface area contributed by atoms with E-state index in [1.165, 1.54) is 18.4 Å². The molecule has 0 radical (unpaired) electrons. The molecule has 0 unspecified atom stereocenters. The Hall–Kier alpha value is -1.72. The number of imidazole rings is 1. The van der Waals surface area contributed by atoms with Crippen molar-refractivity contribution in [1.82, 2.24) is 19.4 Å². The molecule has 24 heavy (non-hydrogen) atoms. The van der Waals surface area contributed by atoms with Gasteiger partial charge in [-0.25, -0.2) is 9.37 Å². The zero-order chi connectivity index (χ0) is 16.5. The minimum absolute atomic E-state index is 0.157. The summed E-state index contributed by atoms with van der Waals surface area (Å²) in [5, 5.41) is 0.